The molecule has 0 radical (unpaired) electrons. The molecule has 1 fully saturated rings. The van der Waals surface area contributed by atoms with Crippen LogP contribution in [0, 0.1) is 0 Å². The average Bonchev–Trinajstić information content (AvgIpc) is 2.88. The molecule has 1 saturated heterocycles. The number of carbonyl (C=O) groups excluding carboxylic acids is 1. The molecule has 0 bridgehead atoms. The SMILES string of the molecule is C[C@H]1CN(C(=O)OC(C)(C)C)CCN1c1nc2ncccc2[nH]1. The second kappa shape index (κ2) is 5.72. The van der Waals surface area contributed by atoms with E-state index in [4.69, 9.17) is 4.74 Å². The average molecular weight is 317 g/mol. The number of nitrogens with one attached hydrogen (secondary N) is 1. The largest absolute Gasteiger partial charge is 0.444 e. The zero-order chi connectivity index (χ0) is 16.6. The van der Waals surface area contributed by atoms with Crippen molar-refractivity contribution >= 4 is 23.2 Å². The summed E-state index contributed by atoms with van der Waals surface area (Å²) in [5.41, 5.74) is 1.16. The lowest BCUT2D eigenvalue weighted by Gasteiger charge is -2.40. The topological polar surface area (TPSA) is 74.3 Å². The molecule has 7 nitrogen and oxygen atoms in total. The van der Waals surface area contributed by atoms with Gasteiger partial charge in [-0.25, -0.2) is 9.78 Å². The van der Waals surface area contributed by atoms with Crippen LogP contribution in [-0.4, -0.2) is 57.2 Å². The van der Waals surface area contributed by atoms with Gasteiger partial charge in [-0.3, -0.25) is 0 Å². The number of H-pyrrole nitrogens is 1. The number of aromatic amines is 1. The van der Waals surface area contributed by atoms with E-state index in [-0.39, 0.29) is 12.1 Å². The van der Waals surface area contributed by atoms with Crippen LogP contribution in [0.15, 0.2) is 18.3 Å². The van der Waals surface area contributed by atoms with Gasteiger partial charge in [0.15, 0.2) is 5.65 Å². The lowest BCUT2D eigenvalue weighted by Crippen LogP contribution is -2.54. The van der Waals surface area contributed by atoms with Crippen molar-refractivity contribution in [3.63, 3.8) is 0 Å². The van der Waals surface area contributed by atoms with Crippen molar-refractivity contribution in [3.05, 3.63) is 18.3 Å². The summed E-state index contributed by atoms with van der Waals surface area (Å²) in [4.78, 5) is 28.2. The maximum atomic E-state index is 12.2. The number of pyridine rings is 1. The highest BCUT2D eigenvalue weighted by Crippen LogP contribution is 2.21. The van der Waals surface area contributed by atoms with E-state index in [1.807, 2.05) is 32.9 Å². The highest BCUT2D eigenvalue weighted by atomic mass is 16.6. The number of ether oxygens (including phenoxy) is 1. The van der Waals surface area contributed by atoms with Crippen LogP contribution < -0.4 is 4.90 Å². The number of hydrogen-bond acceptors (Lipinski definition) is 5. The Kier molecular flexibility index (Phi) is 3.87. The number of rotatable bonds is 1. The number of fused-ring (bicyclic) bond motifs is 1. The summed E-state index contributed by atoms with van der Waals surface area (Å²) in [6, 6.07) is 3.99. The van der Waals surface area contributed by atoms with Crippen LogP contribution in [0.5, 0.6) is 0 Å². The minimum atomic E-state index is -0.470. The van der Waals surface area contributed by atoms with E-state index in [9.17, 15) is 4.79 Å². The van der Waals surface area contributed by atoms with Gasteiger partial charge in [0.2, 0.25) is 5.95 Å². The third-order valence-corrected chi connectivity index (χ3v) is 3.80. The van der Waals surface area contributed by atoms with Crippen molar-refractivity contribution in [3.8, 4) is 0 Å². The first kappa shape index (κ1) is 15.6. The van der Waals surface area contributed by atoms with Crippen LogP contribution in [0.3, 0.4) is 0 Å². The molecule has 2 aromatic heterocycles. The monoisotopic (exact) mass is 317 g/mol. The standard InChI is InChI=1S/C16H23N5O2/c1-11-10-20(15(22)23-16(2,3)4)8-9-21(11)14-18-12-6-5-7-17-13(12)19-14/h5-7,11H,8-10H2,1-4H3,(H,17,18,19)/t11-/m0/s1. The van der Waals surface area contributed by atoms with Gasteiger partial charge < -0.3 is 19.5 Å². The second-order valence-corrected chi connectivity index (χ2v) is 6.90. The van der Waals surface area contributed by atoms with Crippen molar-refractivity contribution in [1.82, 2.24) is 19.9 Å². The summed E-state index contributed by atoms with van der Waals surface area (Å²) in [5.74, 6) is 0.801. The van der Waals surface area contributed by atoms with Crippen LogP contribution >= 0.6 is 0 Å². The molecule has 0 aromatic carbocycles. The molecule has 1 aliphatic heterocycles. The number of aromatic nitrogens is 3. The summed E-state index contributed by atoms with van der Waals surface area (Å²) >= 11 is 0. The van der Waals surface area contributed by atoms with E-state index in [2.05, 4.69) is 26.8 Å². The van der Waals surface area contributed by atoms with Crippen LogP contribution in [0.25, 0.3) is 11.2 Å². The van der Waals surface area contributed by atoms with E-state index in [1.54, 1.807) is 11.1 Å². The second-order valence-electron chi connectivity index (χ2n) is 6.90. The Morgan fingerprint density at radius 2 is 2.17 bits per heavy atom. The van der Waals surface area contributed by atoms with Crippen molar-refractivity contribution in [1.29, 1.82) is 0 Å². The third-order valence-electron chi connectivity index (χ3n) is 3.80. The first-order valence-corrected chi connectivity index (χ1v) is 7.89. The molecular formula is C16H23N5O2. The summed E-state index contributed by atoms with van der Waals surface area (Å²) in [6.45, 7) is 9.66. The van der Waals surface area contributed by atoms with Gasteiger partial charge in [0.05, 0.1) is 5.52 Å². The number of piperazine rings is 1. The summed E-state index contributed by atoms with van der Waals surface area (Å²) in [7, 11) is 0. The Morgan fingerprint density at radius 1 is 1.39 bits per heavy atom. The molecule has 3 heterocycles. The predicted octanol–water partition coefficient (Wildman–Crippen LogP) is 2.40. The van der Waals surface area contributed by atoms with Gasteiger partial charge in [0.25, 0.3) is 0 Å². The smallest absolute Gasteiger partial charge is 0.410 e. The molecular weight excluding hydrogens is 294 g/mol. The molecule has 1 amide bonds. The van der Waals surface area contributed by atoms with Gasteiger partial charge in [-0.05, 0) is 39.8 Å². The van der Waals surface area contributed by atoms with Gasteiger partial charge >= 0.3 is 6.09 Å². The molecule has 2 aromatic rings. The molecule has 0 unspecified atom stereocenters. The maximum Gasteiger partial charge on any atom is 0.410 e. The Balaban J connectivity index is 1.70. The normalized spacial score (nSPS) is 19.2. The first-order chi connectivity index (χ1) is 10.8. The predicted molar refractivity (Wildman–Crippen MR) is 88.5 cm³/mol. The zero-order valence-electron chi connectivity index (χ0n) is 14.0. The van der Waals surface area contributed by atoms with E-state index in [0.717, 1.165) is 11.5 Å². The Labute approximate surface area is 135 Å². The van der Waals surface area contributed by atoms with Gasteiger partial charge in [0, 0.05) is 31.9 Å². The molecule has 0 aliphatic carbocycles. The number of amides is 1. The third kappa shape index (κ3) is 3.38. The maximum absolute atomic E-state index is 12.2. The fourth-order valence-electron chi connectivity index (χ4n) is 2.73. The number of carbonyl (C=O) groups is 1. The molecule has 23 heavy (non-hydrogen) atoms. The van der Waals surface area contributed by atoms with Crippen LogP contribution in [0.4, 0.5) is 10.7 Å². The highest BCUT2D eigenvalue weighted by Gasteiger charge is 2.31. The van der Waals surface area contributed by atoms with Crippen LogP contribution in [0.2, 0.25) is 0 Å². The van der Waals surface area contributed by atoms with Gasteiger partial charge in [-0.2, -0.15) is 4.98 Å². The van der Waals surface area contributed by atoms with Crippen LogP contribution in [-0.2, 0) is 4.74 Å². The molecule has 1 N–H and O–H groups in total. The molecule has 7 heteroatoms. The number of hydrogen-bond donors (Lipinski definition) is 1. The number of anilines is 1. The Hall–Kier alpha value is -2.31. The van der Waals surface area contributed by atoms with Crippen molar-refractivity contribution < 1.29 is 9.53 Å². The first-order valence-electron chi connectivity index (χ1n) is 7.89. The van der Waals surface area contributed by atoms with Crippen molar-refractivity contribution in [2.24, 2.45) is 0 Å². The molecule has 0 spiro atoms. The zero-order valence-corrected chi connectivity index (χ0v) is 14.0. The summed E-state index contributed by atoms with van der Waals surface area (Å²) < 4.78 is 5.45. The highest BCUT2D eigenvalue weighted by molar-refractivity contribution is 5.73. The van der Waals surface area contributed by atoms with Gasteiger partial charge in [-0.1, -0.05) is 0 Å². The number of nitrogens with zero attached hydrogens (tertiary/aromatic N) is 4. The minimum absolute atomic E-state index is 0.150. The summed E-state index contributed by atoms with van der Waals surface area (Å²) in [5, 5.41) is 0. The van der Waals surface area contributed by atoms with E-state index < -0.39 is 5.60 Å². The fraction of sp³-hybridized carbons (Fsp3) is 0.562. The van der Waals surface area contributed by atoms with Crippen molar-refractivity contribution in [2.45, 2.75) is 39.3 Å². The fourth-order valence-corrected chi connectivity index (χ4v) is 2.73. The van der Waals surface area contributed by atoms with Gasteiger partial charge in [0.1, 0.15) is 5.60 Å². The Morgan fingerprint density at radius 3 is 2.83 bits per heavy atom. The van der Waals surface area contributed by atoms with E-state index in [0.29, 0.717) is 25.3 Å². The Bertz CT molecular complexity index is 673. The van der Waals surface area contributed by atoms with Crippen LogP contribution in [0.1, 0.15) is 27.7 Å². The molecule has 1 aliphatic rings. The van der Waals surface area contributed by atoms with E-state index in [1.165, 1.54) is 0 Å². The molecule has 3 rings (SSSR count). The molecule has 0 saturated carbocycles. The minimum Gasteiger partial charge on any atom is -0.444 e. The van der Waals surface area contributed by atoms with Gasteiger partial charge in [-0.15, -0.1) is 0 Å². The quantitative estimate of drug-likeness (QED) is 0.874. The number of imidazole rings is 1. The lowest BCUT2D eigenvalue weighted by molar-refractivity contribution is 0.0218. The molecule has 1 atom stereocenters. The lowest BCUT2D eigenvalue weighted by atomic mass is 10.2. The van der Waals surface area contributed by atoms with E-state index >= 15 is 0 Å². The van der Waals surface area contributed by atoms with Crippen molar-refractivity contribution in [2.75, 3.05) is 24.5 Å². The summed E-state index contributed by atoms with van der Waals surface area (Å²) in [6.07, 6.45) is 1.48. The molecule has 124 valence electrons.